The van der Waals surface area contributed by atoms with Gasteiger partial charge in [0.25, 0.3) is 0 Å². The van der Waals surface area contributed by atoms with Gasteiger partial charge in [-0.15, -0.1) is 0 Å². The van der Waals surface area contributed by atoms with Gasteiger partial charge in [0.15, 0.2) is 0 Å². The minimum atomic E-state index is 0.572. The maximum absolute atomic E-state index is 3.78. The average molecular weight is 402 g/mol. The van der Waals surface area contributed by atoms with Crippen molar-refractivity contribution in [2.24, 2.45) is 11.8 Å². The quantitative estimate of drug-likeness (QED) is 0.805. The van der Waals surface area contributed by atoms with Crippen LogP contribution < -0.4 is 10.2 Å². The zero-order valence-electron chi connectivity index (χ0n) is 12.1. The highest BCUT2D eigenvalue weighted by Gasteiger charge is 2.38. The van der Waals surface area contributed by atoms with Crippen LogP contribution in [0.1, 0.15) is 26.7 Å². The molecule has 0 bridgehead atoms. The predicted octanol–water partition coefficient (Wildman–Crippen LogP) is 4.42. The number of hydrogen-bond donors (Lipinski definition) is 1. The molecule has 1 saturated heterocycles. The van der Waals surface area contributed by atoms with Gasteiger partial charge in [0.2, 0.25) is 0 Å². The van der Waals surface area contributed by atoms with E-state index in [0.29, 0.717) is 18.0 Å². The lowest BCUT2D eigenvalue weighted by molar-refractivity contribution is 0.320. The smallest absolute Gasteiger partial charge is 0.0515 e. The van der Waals surface area contributed by atoms with Crippen molar-refractivity contribution >= 4 is 37.5 Å². The molecular weight excluding hydrogens is 380 g/mol. The van der Waals surface area contributed by atoms with Crippen molar-refractivity contribution in [3.05, 3.63) is 27.1 Å². The van der Waals surface area contributed by atoms with E-state index in [9.17, 15) is 0 Å². The first-order chi connectivity index (χ1) is 9.56. The molecule has 0 radical (unpaired) electrons. The van der Waals surface area contributed by atoms with Gasteiger partial charge in [0, 0.05) is 34.1 Å². The second kappa shape index (κ2) is 5.98. The molecule has 2 nitrogen and oxygen atoms in total. The van der Waals surface area contributed by atoms with Crippen LogP contribution in [-0.2, 0) is 0 Å². The van der Waals surface area contributed by atoms with E-state index in [-0.39, 0.29) is 0 Å². The van der Waals surface area contributed by atoms with Gasteiger partial charge in [-0.1, -0.05) is 29.8 Å². The molecule has 1 aliphatic heterocycles. The van der Waals surface area contributed by atoms with E-state index in [2.05, 4.69) is 74.1 Å². The minimum Gasteiger partial charge on any atom is -0.365 e. The van der Waals surface area contributed by atoms with Crippen molar-refractivity contribution in [3.8, 4) is 0 Å². The van der Waals surface area contributed by atoms with Crippen molar-refractivity contribution in [2.45, 2.75) is 38.8 Å². The number of hydrogen-bond acceptors (Lipinski definition) is 2. The first-order valence-corrected chi connectivity index (χ1v) is 9.10. The topological polar surface area (TPSA) is 15.3 Å². The van der Waals surface area contributed by atoms with Gasteiger partial charge in [-0.3, -0.25) is 0 Å². The summed E-state index contributed by atoms with van der Waals surface area (Å²) in [7, 11) is 0. The molecule has 1 aromatic carbocycles. The van der Waals surface area contributed by atoms with Gasteiger partial charge < -0.3 is 10.2 Å². The Morgan fingerprint density at radius 2 is 2.00 bits per heavy atom. The number of rotatable bonds is 3. The Morgan fingerprint density at radius 3 is 2.60 bits per heavy atom. The third kappa shape index (κ3) is 3.07. The van der Waals surface area contributed by atoms with E-state index >= 15 is 0 Å². The van der Waals surface area contributed by atoms with Crippen molar-refractivity contribution in [1.29, 1.82) is 0 Å². The predicted molar refractivity (Wildman–Crippen MR) is 92.3 cm³/mol. The maximum Gasteiger partial charge on any atom is 0.0515 e. The summed E-state index contributed by atoms with van der Waals surface area (Å²) in [6.45, 7) is 6.88. The number of nitrogens with zero attached hydrogens (tertiary/aromatic N) is 1. The molecule has 0 spiro atoms. The minimum absolute atomic E-state index is 0.572. The molecule has 2 atom stereocenters. The molecule has 1 aliphatic carbocycles. The zero-order chi connectivity index (χ0) is 14.3. The zero-order valence-corrected chi connectivity index (χ0v) is 15.2. The van der Waals surface area contributed by atoms with Gasteiger partial charge in [0.1, 0.15) is 0 Å². The molecule has 2 fully saturated rings. The number of piperazine rings is 1. The summed E-state index contributed by atoms with van der Waals surface area (Å²) in [6, 6.07) is 7.77. The molecule has 3 rings (SSSR count). The molecule has 0 aromatic heterocycles. The molecule has 1 N–H and O–H groups in total. The lowest BCUT2D eigenvalue weighted by atomic mass is 9.96. The van der Waals surface area contributed by atoms with Crippen LogP contribution in [0.15, 0.2) is 27.1 Å². The fourth-order valence-electron chi connectivity index (χ4n) is 3.20. The Hall–Kier alpha value is -0.0600. The third-order valence-electron chi connectivity index (χ3n) is 4.56. The standard InChI is InChI=1S/C16H22Br2N2/c1-10(2)16-8-19-14(11-3-4-11)9-20(16)15-6-5-12(17)7-13(15)18/h5-7,10-11,14,16,19H,3-4,8-9H2,1-2H3. The molecule has 20 heavy (non-hydrogen) atoms. The van der Waals surface area contributed by atoms with Crippen LogP contribution in [0.2, 0.25) is 0 Å². The lowest BCUT2D eigenvalue weighted by Crippen LogP contribution is -2.59. The Labute approximate surface area is 138 Å². The van der Waals surface area contributed by atoms with E-state index in [4.69, 9.17) is 0 Å². The van der Waals surface area contributed by atoms with E-state index in [1.807, 2.05) is 0 Å². The van der Waals surface area contributed by atoms with E-state index in [1.54, 1.807) is 0 Å². The van der Waals surface area contributed by atoms with E-state index < -0.39 is 0 Å². The van der Waals surface area contributed by atoms with Crippen molar-refractivity contribution in [1.82, 2.24) is 5.32 Å². The second-order valence-corrected chi connectivity index (χ2v) is 8.18. The SMILES string of the molecule is CC(C)C1CNC(C2CC2)CN1c1ccc(Br)cc1Br. The summed E-state index contributed by atoms with van der Waals surface area (Å²) >= 11 is 7.29. The summed E-state index contributed by atoms with van der Waals surface area (Å²) in [6.07, 6.45) is 2.80. The van der Waals surface area contributed by atoms with Gasteiger partial charge >= 0.3 is 0 Å². The van der Waals surface area contributed by atoms with Crippen molar-refractivity contribution < 1.29 is 0 Å². The first kappa shape index (κ1) is 14.9. The maximum atomic E-state index is 3.78. The van der Waals surface area contributed by atoms with E-state index in [0.717, 1.165) is 23.5 Å². The second-order valence-electron chi connectivity index (χ2n) is 6.41. The summed E-state index contributed by atoms with van der Waals surface area (Å²) in [4.78, 5) is 2.61. The molecule has 1 heterocycles. The van der Waals surface area contributed by atoms with E-state index in [1.165, 1.54) is 23.0 Å². The molecule has 1 aromatic rings. The van der Waals surface area contributed by atoms with Gasteiger partial charge in [-0.25, -0.2) is 0 Å². The number of benzene rings is 1. The molecule has 2 unspecified atom stereocenters. The summed E-state index contributed by atoms with van der Waals surface area (Å²) < 4.78 is 2.32. The van der Waals surface area contributed by atoms with Gasteiger partial charge in [-0.05, 0) is 58.8 Å². The fraction of sp³-hybridized carbons (Fsp3) is 0.625. The van der Waals surface area contributed by atoms with Crippen LogP contribution >= 0.6 is 31.9 Å². The molecular formula is C16H22Br2N2. The summed E-state index contributed by atoms with van der Waals surface area (Å²) in [5.41, 5.74) is 1.33. The Bertz CT molecular complexity index is 485. The van der Waals surface area contributed by atoms with Crippen LogP contribution in [-0.4, -0.2) is 25.2 Å². The Morgan fingerprint density at radius 1 is 1.25 bits per heavy atom. The van der Waals surface area contributed by atoms with Crippen LogP contribution in [0, 0.1) is 11.8 Å². The molecule has 0 amide bonds. The molecule has 110 valence electrons. The van der Waals surface area contributed by atoms with Crippen LogP contribution in [0.3, 0.4) is 0 Å². The van der Waals surface area contributed by atoms with Gasteiger partial charge in [-0.2, -0.15) is 0 Å². The fourth-order valence-corrected chi connectivity index (χ4v) is 4.47. The number of anilines is 1. The Kier molecular flexibility index (Phi) is 4.44. The van der Waals surface area contributed by atoms with Crippen LogP contribution in [0.25, 0.3) is 0 Å². The monoisotopic (exact) mass is 400 g/mol. The van der Waals surface area contributed by atoms with Crippen molar-refractivity contribution in [2.75, 3.05) is 18.0 Å². The van der Waals surface area contributed by atoms with Crippen LogP contribution in [0.4, 0.5) is 5.69 Å². The third-order valence-corrected chi connectivity index (χ3v) is 5.69. The Balaban J connectivity index is 1.87. The largest absolute Gasteiger partial charge is 0.365 e. The normalized spacial score (nSPS) is 27.1. The molecule has 1 saturated carbocycles. The highest BCUT2D eigenvalue weighted by molar-refractivity contribution is 9.11. The molecule has 4 heteroatoms. The number of halogens is 2. The highest BCUT2D eigenvalue weighted by Crippen LogP contribution is 2.38. The first-order valence-electron chi connectivity index (χ1n) is 7.51. The summed E-state index contributed by atoms with van der Waals surface area (Å²) in [5, 5.41) is 3.78. The van der Waals surface area contributed by atoms with Crippen LogP contribution in [0.5, 0.6) is 0 Å². The highest BCUT2D eigenvalue weighted by atomic mass is 79.9. The average Bonchev–Trinajstić information content (AvgIpc) is 3.22. The molecule has 2 aliphatic rings. The number of nitrogens with one attached hydrogen (secondary N) is 1. The summed E-state index contributed by atoms with van der Waals surface area (Å²) in [5.74, 6) is 1.55. The van der Waals surface area contributed by atoms with Gasteiger partial charge in [0.05, 0.1) is 5.69 Å². The lowest BCUT2D eigenvalue weighted by Gasteiger charge is -2.44. The van der Waals surface area contributed by atoms with Crippen molar-refractivity contribution in [3.63, 3.8) is 0 Å².